The number of hydrogen-bond acceptors (Lipinski definition) is 5. The van der Waals surface area contributed by atoms with Gasteiger partial charge in [0.1, 0.15) is 9.90 Å². The smallest absolute Gasteiger partial charge is 0.242 e. The van der Waals surface area contributed by atoms with E-state index in [-0.39, 0.29) is 17.1 Å². The Morgan fingerprint density at radius 1 is 1.47 bits per heavy atom. The fraction of sp³-hybridized carbons (Fsp3) is 0.182. The van der Waals surface area contributed by atoms with Crippen LogP contribution in [-0.4, -0.2) is 13.4 Å². The van der Waals surface area contributed by atoms with Gasteiger partial charge >= 0.3 is 0 Å². The third kappa shape index (κ3) is 3.44. The number of aryl methyl sites for hydroxylation is 1. The summed E-state index contributed by atoms with van der Waals surface area (Å²) in [6.07, 6.45) is 0. The molecule has 3 N–H and O–H groups in total. The van der Waals surface area contributed by atoms with E-state index in [1.165, 1.54) is 29.5 Å². The van der Waals surface area contributed by atoms with Crippen molar-refractivity contribution in [2.75, 3.05) is 5.73 Å². The molecule has 102 valence electrons. The highest BCUT2D eigenvalue weighted by molar-refractivity contribution is 7.89. The van der Waals surface area contributed by atoms with E-state index in [0.29, 0.717) is 10.0 Å². The molecule has 0 fully saturated rings. The van der Waals surface area contributed by atoms with Crippen LogP contribution in [0, 0.1) is 6.92 Å². The maximum atomic E-state index is 12.1. The molecular formula is C11H12ClN3O2S2. The molecule has 0 unspecified atom stereocenters. The van der Waals surface area contributed by atoms with Gasteiger partial charge in [-0.3, -0.25) is 0 Å². The minimum absolute atomic E-state index is 0.0187. The van der Waals surface area contributed by atoms with Gasteiger partial charge in [0, 0.05) is 16.1 Å². The minimum atomic E-state index is -3.66. The second kappa shape index (κ2) is 5.46. The molecule has 0 saturated heterocycles. The van der Waals surface area contributed by atoms with Gasteiger partial charge in [0.2, 0.25) is 10.0 Å². The first-order valence-electron chi connectivity index (χ1n) is 5.34. The summed E-state index contributed by atoms with van der Waals surface area (Å²) >= 11 is 7.14. The van der Waals surface area contributed by atoms with E-state index in [0.717, 1.165) is 5.69 Å². The molecule has 0 bridgehead atoms. The largest absolute Gasteiger partial charge is 0.398 e. The van der Waals surface area contributed by atoms with Gasteiger partial charge in [0.25, 0.3) is 0 Å². The lowest BCUT2D eigenvalue weighted by atomic mass is 10.3. The number of sulfonamides is 1. The number of anilines is 1. The zero-order chi connectivity index (χ0) is 14.0. The number of aromatic nitrogens is 1. The highest BCUT2D eigenvalue weighted by atomic mass is 35.5. The van der Waals surface area contributed by atoms with Crippen molar-refractivity contribution in [3.05, 3.63) is 39.3 Å². The van der Waals surface area contributed by atoms with Crippen LogP contribution in [0.5, 0.6) is 0 Å². The van der Waals surface area contributed by atoms with Gasteiger partial charge in [0.05, 0.1) is 12.2 Å². The van der Waals surface area contributed by atoms with Gasteiger partial charge in [-0.2, -0.15) is 0 Å². The van der Waals surface area contributed by atoms with Crippen LogP contribution in [0.2, 0.25) is 5.02 Å². The van der Waals surface area contributed by atoms with Gasteiger partial charge in [-0.05, 0) is 25.1 Å². The Bertz CT molecular complexity index is 698. The molecule has 0 saturated carbocycles. The van der Waals surface area contributed by atoms with Gasteiger partial charge in [-0.1, -0.05) is 11.6 Å². The zero-order valence-corrected chi connectivity index (χ0v) is 12.4. The lowest BCUT2D eigenvalue weighted by molar-refractivity contribution is 0.581. The maximum Gasteiger partial charge on any atom is 0.242 e. The number of benzene rings is 1. The Hall–Kier alpha value is -1.15. The molecule has 0 aliphatic rings. The van der Waals surface area contributed by atoms with E-state index in [1.807, 2.05) is 12.3 Å². The first-order chi connectivity index (χ1) is 8.88. The summed E-state index contributed by atoms with van der Waals surface area (Å²) in [7, 11) is -3.66. The van der Waals surface area contributed by atoms with Crippen LogP contribution in [0.15, 0.2) is 28.5 Å². The Morgan fingerprint density at radius 2 is 2.21 bits per heavy atom. The average molecular weight is 318 g/mol. The van der Waals surface area contributed by atoms with Crippen LogP contribution in [-0.2, 0) is 16.6 Å². The quantitative estimate of drug-likeness (QED) is 0.846. The van der Waals surface area contributed by atoms with Gasteiger partial charge in [-0.15, -0.1) is 11.3 Å². The predicted octanol–water partition coefficient (Wildman–Crippen LogP) is 2.17. The van der Waals surface area contributed by atoms with Crippen molar-refractivity contribution in [1.82, 2.24) is 9.71 Å². The summed E-state index contributed by atoms with van der Waals surface area (Å²) in [5.74, 6) is 0. The highest BCUT2D eigenvalue weighted by Gasteiger charge is 2.17. The Balaban J connectivity index is 2.18. The fourth-order valence-electron chi connectivity index (χ4n) is 1.48. The Labute approximate surface area is 120 Å². The average Bonchev–Trinajstić information content (AvgIpc) is 2.72. The molecule has 0 spiro atoms. The van der Waals surface area contributed by atoms with Crippen molar-refractivity contribution < 1.29 is 8.42 Å². The molecule has 0 aliphatic heterocycles. The first-order valence-corrected chi connectivity index (χ1v) is 8.08. The number of thiazole rings is 1. The molecule has 1 aromatic carbocycles. The molecule has 1 aromatic heterocycles. The van der Waals surface area contributed by atoms with Crippen molar-refractivity contribution in [2.24, 2.45) is 0 Å². The number of nitrogens with two attached hydrogens (primary N) is 1. The summed E-state index contributed by atoms with van der Waals surface area (Å²) in [6, 6.07) is 4.27. The molecule has 0 aliphatic carbocycles. The van der Waals surface area contributed by atoms with E-state index >= 15 is 0 Å². The summed E-state index contributed by atoms with van der Waals surface area (Å²) in [5.41, 5.74) is 6.65. The second-order valence-electron chi connectivity index (χ2n) is 3.89. The van der Waals surface area contributed by atoms with Crippen molar-refractivity contribution in [2.45, 2.75) is 18.4 Å². The molecule has 0 amide bonds. The van der Waals surface area contributed by atoms with Crippen molar-refractivity contribution in [3.63, 3.8) is 0 Å². The van der Waals surface area contributed by atoms with E-state index in [2.05, 4.69) is 9.71 Å². The first kappa shape index (κ1) is 14.3. The third-order valence-corrected chi connectivity index (χ3v) is 5.02. The van der Waals surface area contributed by atoms with Crippen LogP contribution < -0.4 is 10.5 Å². The molecule has 0 atom stereocenters. The highest BCUT2D eigenvalue weighted by Crippen LogP contribution is 2.22. The lowest BCUT2D eigenvalue weighted by Crippen LogP contribution is -2.24. The number of rotatable bonds is 4. The van der Waals surface area contributed by atoms with Gasteiger partial charge < -0.3 is 5.73 Å². The number of halogens is 1. The summed E-state index contributed by atoms with van der Waals surface area (Å²) < 4.78 is 26.6. The summed E-state index contributed by atoms with van der Waals surface area (Å²) in [6.45, 7) is 1.99. The minimum Gasteiger partial charge on any atom is -0.398 e. The molecule has 5 nitrogen and oxygen atoms in total. The van der Waals surface area contributed by atoms with Crippen molar-refractivity contribution in [1.29, 1.82) is 0 Å². The molecule has 2 rings (SSSR count). The number of nitrogens with zero attached hydrogens (tertiary/aromatic N) is 1. The monoisotopic (exact) mass is 317 g/mol. The summed E-state index contributed by atoms with van der Waals surface area (Å²) in [5, 5.41) is 2.96. The molecular weight excluding hydrogens is 306 g/mol. The predicted molar refractivity (Wildman–Crippen MR) is 76.7 cm³/mol. The molecule has 1 heterocycles. The Kier molecular flexibility index (Phi) is 4.10. The van der Waals surface area contributed by atoms with E-state index in [1.54, 1.807) is 0 Å². The normalized spacial score (nSPS) is 11.7. The molecule has 2 aromatic rings. The van der Waals surface area contributed by atoms with E-state index in [4.69, 9.17) is 17.3 Å². The van der Waals surface area contributed by atoms with E-state index < -0.39 is 10.0 Å². The number of hydrogen-bond donors (Lipinski definition) is 2. The van der Waals surface area contributed by atoms with Gasteiger partial charge in [0.15, 0.2) is 0 Å². The van der Waals surface area contributed by atoms with Crippen LogP contribution in [0.25, 0.3) is 0 Å². The van der Waals surface area contributed by atoms with Crippen LogP contribution in [0.1, 0.15) is 10.7 Å². The second-order valence-corrected chi connectivity index (χ2v) is 7.00. The van der Waals surface area contributed by atoms with Crippen LogP contribution in [0.3, 0.4) is 0 Å². The Morgan fingerprint density at radius 3 is 2.79 bits per heavy atom. The molecule has 8 heteroatoms. The van der Waals surface area contributed by atoms with E-state index in [9.17, 15) is 8.42 Å². The topological polar surface area (TPSA) is 85.1 Å². The SMILES string of the molecule is Cc1csc(CNS(=O)(=O)c2ccc(Cl)cc2N)n1. The van der Waals surface area contributed by atoms with Crippen molar-refractivity contribution in [3.8, 4) is 0 Å². The summed E-state index contributed by atoms with van der Waals surface area (Å²) in [4.78, 5) is 4.20. The maximum absolute atomic E-state index is 12.1. The molecule has 19 heavy (non-hydrogen) atoms. The fourth-order valence-corrected chi connectivity index (χ4v) is 3.56. The van der Waals surface area contributed by atoms with Gasteiger partial charge in [-0.25, -0.2) is 18.1 Å². The molecule has 0 radical (unpaired) electrons. The van der Waals surface area contributed by atoms with Crippen LogP contribution >= 0.6 is 22.9 Å². The number of nitrogens with one attached hydrogen (secondary N) is 1. The standard InChI is InChI=1S/C11H12ClN3O2S2/c1-7-6-18-11(15-7)5-14-19(16,17)10-3-2-8(12)4-9(10)13/h2-4,6,14H,5,13H2,1H3. The lowest BCUT2D eigenvalue weighted by Gasteiger charge is -2.08. The zero-order valence-electron chi connectivity index (χ0n) is 10.1. The third-order valence-electron chi connectivity index (χ3n) is 2.34. The van der Waals surface area contributed by atoms with Crippen molar-refractivity contribution >= 4 is 38.6 Å². The number of nitrogen functional groups attached to an aromatic ring is 1. The van der Waals surface area contributed by atoms with Crippen LogP contribution in [0.4, 0.5) is 5.69 Å².